The summed E-state index contributed by atoms with van der Waals surface area (Å²) in [6.45, 7) is 3.49. The fraction of sp³-hybridized carbons (Fsp3) is 0.875. The second-order valence-electron chi connectivity index (χ2n) is 7.25. The molecule has 2 saturated heterocycles. The first-order chi connectivity index (χ1) is 9.96. The number of aliphatic hydroxyl groups is 1. The van der Waals surface area contributed by atoms with Gasteiger partial charge in [-0.05, 0) is 32.6 Å². The Hall–Kier alpha value is -1.10. The number of hydrogen-bond acceptors (Lipinski definition) is 3. The third kappa shape index (κ3) is 3.07. The Morgan fingerprint density at radius 2 is 2.00 bits per heavy atom. The van der Waals surface area contributed by atoms with E-state index in [4.69, 9.17) is 0 Å². The molecule has 2 amide bonds. The van der Waals surface area contributed by atoms with Crippen LogP contribution in [0.3, 0.4) is 0 Å². The summed E-state index contributed by atoms with van der Waals surface area (Å²) < 4.78 is 0. The maximum Gasteiger partial charge on any atom is 0.228 e. The van der Waals surface area contributed by atoms with Gasteiger partial charge in [-0.2, -0.15) is 0 Å². The lowest BCUT2D eigenvalue weighted by Crippen LogP contribution is -2.50. The van der Waals surface area contributed by atoms with Gasteiger partial charge >= 0.3 is 0 Å². The predicted octanol–water partition coefficient (Wildman–Crippen LogP) is 1.15. The van der Waals surface area contributed by atoms with Gasteiger partial charge in [0.1, 0.15) is 0 Å². The van der Waals surface area contributed by atoms with Crippen molar-refractivity contribution < 1.29 is 14.7 Å². The van der Waals surface area contributed by atoms with E-state index in [2.05, 4.69) is 0 Å². The fourth-order valence-corrected chi connectivity index (χ4v) is 4.13. The van der Waals surface area contributed by atoms with Crippen molar-refractivity contribution in [2.24, 2.45) is 5.92 Å². The van der Waals surface area contributed by atoms with Crippen molar-refractivity contribution in [2.75, 3.05) is 19.6 Å². The maximum absolute atomic E-state index is 12.6. The summed E-state index contributed by atoms with van der Waals surface area (Å²) >= 11 is 0. The number of carbonyl (C=O) groups excluding carboxylic acids is 2. The van der Waals surface area contributed by atoms with E-state index in [0.717, 1.165) is 25.7 Å². The SMILES string of the molecule is CC1(O)CCCN(C(=O)C2CC(=O)N(C3CCCC3)C2)C1. The summed E-state index contributed by atoms with van der Waals surface area (Å²) in [6, 6.07) is 0.361. The minimum atomic E-state index is -0.776. The van der Waals surface area contributed by atoms with E-state index in [1.54, 1.807) is 11.8 Å². The van der Waals surface area contributed by atoms with Gasteiger partial charge < -0.3 is 14.9 Å². The Kier molecular flexibility index (Phi) is 3.95. The van der Waals surface area contributed by atoms with Crippen LogP contribution < -0.4 is 0 Å². The standard InChI is InChI=1S/C16H26N2O3/c1-16(21)7-4-8-17(11-16)15(20)12-9-14(19)18(10-12)13-5-2-3-6-13/h12-13,21H,2-11H2,1H3. The summed E-state index contributed by atoms with van der Waals surface area (Å²) in [5, 5.41) is 10.1. The number of β-amino-alcohol motifs (C(OH)–C–C–N with tert-alkyl or cyclic N) is 1. The van der Waals surface area contributed by atoms with Crippen molar-refractivity contribution in [1.29, 1.82) is 0 Å². The molecule has 2 atom stereocenters. The Labute approximate surface area is 126 Å². The monoisotopic (exact) mass is 294 g/mol. The number of nitrogens with zero attached hydrogens (tertiary/aromatic N) is 2. The van der Waals surface area contributed by atoms with Gasteiger partial charge in [0.15, 0.2) is 0 Å². The van der Waals surface area contributed by atoms with Crippen molar-refractivity contribution >= 4 is 11.8 Å². The quantitative estimate of drug-likeness (QED) is 0.831. The number of amides is 2. The molecule has 1 N–H and O–H groups in total. The maximum atomic E-state index is 12.6. The van der Waals surface area contributed by atoms with Gasteiger partial charge in [0.2, 0.25) is 11.8 Å². The molecule has 1 aliphatic carbocycles. The topological polar surface area (TPSA) is 60.9 Å². The van der Waals surface area contributed by atoms with E-state index < -0.39 is 5.60 Å². The molecule has 2 aliphatic heterocycles. The number of piperidine rings is 1. The molecule has 3 rings (SSSR count). The highest BCUT2D eigenvalue weighted by atomic mass is 16.3. The van der Waals surface area contributed by atoms with Gasteiger partial charge in [0.25, 0.3) is 0 Å². The van der Waals surface area contributed by atoms with E-state index in [0.29, 0.717) is 32.1 Å². The molecule has 21 heavy (non-hydrogen) atoms. The predicted molar refractivity (Wildman–Crippen MR) is 78.5 cm³/mol. The molecule has 3 aliphatic rings. The summed E-state index contributed by atoms with van der Waals surface area (Å²) in [7, 11) is 0. The first-order valence-corrected chi connectivity index (χ1v) is 8.27. The Morgan fingerprint density at radius 3 is 2.67 bits per heavy atom. The molecular formula is C16H26N2O3. The van der Waals surface area contributed by atoms with Crippen molar-refractivity contribution in [3.05, 3.63) is 0 Å². The van der Waals surface area contributed by atoms with Crippen LogP contribution in [0, 0.1) is 5.92 Å². The van der Waals surface area contributed by atoms with Crippen molar-refractivity contribution in [3.63, 3.8) is 0 Å². The smallest absolute Gasteiger partial charge is 0.228 e. The van der Waals surface area contributed by atoms with Crippen LogP contribution in [0.15, 0.2) is 0 Å². The second kappa shape index (κ2) is 5.59. The fourth-order valence-electron chi connectivity index (χ4n) is 4.13. The zero-order valence-corrected chi connectivity index (χ0v) is 12.9. The number of rotatable bonds is 2. The van der Waals surface area contributed by atoms with E-state index in [9.17, 15) is 14.7 Å². The molecule has 0 bridgehead atoms. The highest BCUT2D eigenvalue weighted by Gasteiger charge is 2.41. The molecule has 5 heteroatoms. The summed E-state index contributed by atoms with van der Waals surface area (Å²) in [4.78, 5) is 28.5. The molecule has 3 fully saturated rings. The molecule has 118 valence electrons. The van der Waals surface area contributed by atoms with Crippen LogP contribution >= 0.6 is 0 Å². The average Bonchev–Trinajstić information content (AvgIpc) is 3.05. The highest BCUT2D eigenvalue weighted by molar-refractivity contribution is 5.89. The molecule has 2 heterocycles. The second-order valence-corrected chi connectivity index (χ2v) is 7.25. The van der Waals surface area contributed by atoms with Crippen LogP contribution in [-0.4, -0.2) is 58.0 Å². The number of carbonyl (C=O) groups is 2. The van der Waals surface area contributed by atoms with Gasteiger partial charge in [-0.15, -0.1) is 0 Å². The van der Waals surface area contributed by atoms with Crippen molar-refractivity contribution in [2.45, 2.75) is 63.5 Å². The third-order valence-corrected chi connectivity index (χ3v) is 5.26. The van der Waals surface area contributed by atoms with Crippen LogP contribution in [0.2, 0.25) is 0 Å². The Morgan fingerprint density at radius 1 is 1.29 bits per heavy atom. The number of likely N-dealkylation sites (tertiary alicyclic amines) is 2. The van der Waals surface area contributed by atoms with Gasteiger partial charge in [-0.3, -0.25) is 9.59 Å². The lowest BCUT2D eigenvalue weighted by atomic mass is 9.94. The zero-order valence-electron chi connectivity index (χ0n) is 12.9. The van der Waals surface area contributed by atoms with Crippen LogP contribution in [0.25, 0.3) is 0 Å². The van der Waals surface area contributed by atoms with Crippen LogP contribution in [0.4, 0.5) is 0 Å². The van der Waals surface area contributed by atoms with Crippen molar-refractivity contribution in [3.8, 4) is 0 Å². The molecule has 0 aromatic rings. The summed E-state index contributed by atoms with van der Waals surface area (Å²) in [5.74, 6) is -0.000147. The van der Waals surface area contributed by atoms with Crippen LogP contribution in [0.1, 0.15) is 51.9 Å². The minimum absolute atomic E-state index is 0.0591. The first kappa shape index (κ1) is 14.8. The van der Waals surface area contributed by atoms with E-state index >= 15 is 0 Å². The Bertz CT molecular complexity index is 429. The summed E-state index contributed by atoms with van der Waals surface area (Å²) in [5.41, 5.74) is -0.776. The molecule has 0 spiro atoms. The molecule has 0 aromatic heterocycles. The lowest BCUT2D eigenvalue weighted by molar-refractivity contribution is -0.141. The minimum Gasteiger partial charge on any atom is -0.388 e. The van der Waals surface area contributed by atoms with Gasteiger partial charge in [-0.1, -0.05) is 12.8 Å². The van der Waals surface area contributed by atoms with Crippen molar-refractivity contribution in [1.82, 2.24) is 9.80 Å². The highest BCUT2D eigenvalue weighted by Crippen LogP contribution is 2.31. The first-order valence-electron chi connectivity index (χ1n) is 8.27. The normalized spacial score (nSPS) is 34.8. The van der Waals surface area contributed by atoms with E-state index in [1.807, 2.05) is 4.90 Å². The van der Waals surface area contributed by atoms with Gasteiger partial charge in [-0.25, -0.2) is 0 Å². The Balaban J connectivity index is 1.62. The van der Waals surface area contributed by atoms with Gasteiger partial charge in [0, 0.05) is 32.1 Å². The zero-order chi connectivity index (χ0) is 15.0. The summed E-state index contributed by atoms with van der Waals surface area (Å²) in [6.07, 6.45) is 6.51. The molecule has 1 saturated carbocycles. The third-order valence-electron chi connectivity index (χ3n) is 5.26. The molecule has 2 unspecified atom stereocenters. The average molecular weight is 294 g/mol. The van der Waals surface area contributed by atoms with E-state index in [1.165, 1.54) is 12.8 Å². The molecule has 5 nitrogen and oxygen atoms in total. The van der Waals surface area contributed by atoms with Crippen LogP contribution in [0.5, 0.6) is 0 Å². The largest absolute Gasteiger partial charge is 0.388 e. The van der Waals surface area contributed by atoms with Crippen LogP contribution in [-0.2, 0) is 9.59 Å². The van der Waals surface area contributed by atoms with Gasteiger partial charge in [0.05, 0.1) is 11.5 Å². The molecule has 0 radical (unpaired) electrons. The lowest BCUT2D eigenvalue weighted by Gasteiger charge is -2.38. The molecular weight excluding hydrogens is 268 g/mol. The number of hydrogen-bond donors (Lipinski definition) is 1. The van der Waals surface area contributed by atoms with E-state index in [-0.39, 0.29) is 17.7 Å². The molecule has 0 aromatic carbocycles.